The zero-order valence-corrected chi connectivity index (χ0v) is 14.6. The largest absolute Gasteiger partial charge is 0.416 e. The summed E-state index contributed by atoms with van der Waals surface area (Å²) in [6.45, 7) is 7.26. The van der Waals surface area contributed by atoms with Crippen LogP contribution in [-0.2, 0) is 6.18 Å². The van der Waals surface area contributed by atoms with Gasteiger partial charge in [0, 0.05) is 32.2 Å². The Morgan fingerprint density at radius 1 is 1.21 bits per heavy atom. The van der Waals surface area contributed by atoms with Gasteiger partial charge in [-0.3, -0.25) is 4.90 Å². The summed E-state index contributed by atoms with van der Waals surface area (Å²) in [5, 5.41) is 3.30. The molecule has 1 heterocycles. The first-order valence-electron chi connectivity index (χ1n) is 8.25. The molecule has 1 aliphatic rings. The first kappa shape index (κ1) is 21.0. The third-order valence-corrected chi connectivity index (χ3v) is 4.33. The predicted molar refractivity (Wildman–Crippen MR) is 94.5 cm³/mol. The van der Waals surface area contributed by atoms with E-state index in [9.17, 15) is 13.2 Å². The number of hydrogen-bond donors (Lipinski definition) is 1. The fourth-order valence-corrected chi connectivity index (χ4v) is 3.10. The summed E-state index contributed by atoms with van der Waals surface area (Å²) in [4.78, 5) is 2.31. The molecule has 0 aromatic heterocycles. The minimum Gasteiger partial charge on any atom is -0.314 e. The van der Waals surface area contributed by atoms with Crippen LogP contribution in [0.5, 0.6) is 0 Å². The summed E-state index contributed by atoms with van der Waals surface area (Å²) in [5.41, 5.74) is 0.224. The Morgan fingerprint density at radius 3 is 2.54 bits per heavy atom. The average molecular weight is 363 g/mol. The van der Waals surface area contributed by atoms with Gasteiger partial charge in [0.25, 0.3) is 0 Å². The van der Waals surface area contributed by atoms with Gasteiger partial charge in [0.1, 0.15) is 0 Å². The van der Waals surface area contributed by atoms with E-state index >= 15 is 0 Å². The molecule has 0 radical (unpaired) electrons. The third-order valence-electron chi connectivity index (χ3n) is 4.33. The molecule has 6 heteroatoms. The van der Waals surface area contributed by atoms with Crippen molar-refractivity contribution in [1.82, 2.24) is 10.2 Å². The maximum atomic E-state index is 13.0. The topological polar surface area (TPSA) is 15.3 Å². The van der Waals surface area contributed by atoms with E-state index in [1.54, 1.807) is 0 Å². The number of halogens is 4. The minimum absolute atomic E-state index is 0. The van der Waals surface area contributed by atoms with E-state index in [1.165, 1.54) is 12.1 Å². The van der Waals surface area contributed by atoms with Gasteiger partial charge in [-0.1, -0.05) is 24.6 Å². The van der Waals surface area contributed by atoms with Gasteiger partial charge in [-0.25, -0.2) is 0 Å². The zero-order valence-electron chi connectivity index (χ0n) is 13.8. The molecule has 2 nitrogen and oxygen atoms in total. The lowest BCUT2D eigenvalue weighted by atomic mass is 9.96. The molecule has 0 spiro atoms. The van der Waals surface area contributed by atoms with Gasteiger partial charge in [-0.2, -0.15) is 13.2 Å². The lowest BCUT2D eigenvalue weighted by Gasteiger charge is -2.35. The second kappa shape index (κ2) is 10.1. The number of piperazine rings is 1. The molecule has 1 aromatic rings. The van der Waals surface area contributed by atoms with Crippen LogP contribution in [0, 0.1) is 0 Å². The van der Waals surface area contributed by atoms with Gasteiger partial charge >= 0.3 is 6.18 Å². The van der Waals surface area contributed by atoms with E-state index in [-0.39, 0.29) is 18.4 Å². The molecule has 1 atom stereocenters. The normalized spacial score (nSPS) is 17.1. The van der Waals surface area contributed by atoms with Crippen molar-refractivity contribution in [2.24, 2.45) is 0 Å². The van der Waals surface area contributed by atoms with Crippen molar-refractivity contribution in [2.75, 3.05) is 26.2 Å². The molecule has 0 bridgehead atoms. The van der Waals surface area contributed by atoms with Crippen molar-refractivity contribution in [2.45, 2.75) is 37.9 Å². The number of nitrogens with one attached hydrogen (secondary N) is 1. The summed E-state index contributed by atoms with van der Waals surface area (Å²) in [7, 11) is 0. The van der Waals surface area contributed by atoms with Gasteiger partial charge in [0.2, 0.25) is 0 Å². The maximum absolute atomic E-state index is 13.0. The number of benzene rings is 1. The average Bonchev–Trinajstić information content (AvgIpc) is 2.55. The van der Waals surface area contributed by atoms with Crippen LogP contribution in [0.4, 0.5) is 13.2 Å². The van der Waals surface area contributed by atoms with Crippen molar-refractivity contribution in [1.29, 1.82) is 0 Å². The van der Waals surface area contributed by atoms with Crippen LogP contribution in [0.1, 0.15) is 42.9 Å². The predicted octanol–water partition coefficient (Wildman–Crippen LogP) is 4.82. The third kappa shape index (κ3) is 6.11. The van der Waals surface area contributed by atoms with E-state index in [0.29, 0.717) is 0 Å². The van der Waals surface area contributed by atoms with E-state index in [0.717, 1.165) is 63.5 Å². The smallest absolute Gasteiger partial charge is 0.314 e. The Balaban J connectivity index is 0.00000288. The molecular formula is C18H26ClF3N2. The molecule has 0 aliphatic carbocycles. The van der Waals surface area contributed by atoms with E-state index in [2.05, 4.69) is 16.8 Å². The van der Waals surface area contributed by atoms with Gasteiger partial charge in [-0.15, -0.1) is 19.0 Å². The molecule has 1 fully saturated rings. The Kier molecular flexibility index (Phi) is 8.81. The van der Waals surface area contributed by atoms with Crippen LogP contribution in [0.2, 0.25) is 0 Å². The molecule has 1 aliphatic heterocycles. The number of allylic oxidation sites excluding steroid dienone is 1. The number of nitrogens with zero attached hydrogens (tertiary/aromatic N) is 1. The van der Waals surface area contributed by atoms with Crippen LogP contribution < -0.4 is 5.32 Å². The summed E-state index contributed by atoms with van der Waals surface area (Å²) in [6, 6.07) is 5.88. The summed E-state index contributed by atoms with van der Waals surface area (Å²) >= 11 is 0. The fraction of sp³-hybridized carbons (Fsp3) is 0.556. The highest BCUT2D eigenvalue weighted by molar-refractivity contribution is 5.85. The molecule has 0 unspecified atom stereocenters. The van der Waals surface area contributed by atoms with Crippen molar-refractivity contribution in [3.8, 4) is 0 Å². The highest BCUT2D eigenvalue weighted by Gasteiger charge is 2.31. The van der Waals surface area contributed by atoms with Crippen LogP contribution in [0.3, 0.4) is 0 Å². The fourth-order valence-electron chi connectivity index (χ4n) is 3.10. The molecule has 0 amide bonds. The van der Waals surface area contributed by atoms with Gasteiger partial charge in [-0.05, 0) is 37.0 Å². The molecule has 1 N–H and O–H groups in total. The Hall–Kier alpha value is -1.04. The molecule has 1 saturated heterocycles. The van der Waals surface area contributed by atoms with Crippen molar-refractivity contribution in [3.05, 3.63) is 48.0 Å². The lowest BCUT2D eigenvalue weighted by molar-refractivity contribution is -0.137. The van der Waals surface area contributed by atoms with Crippen LogP contribution in [-0.4, -0.2) is 31.1 Å². The number of rotatable bonds is 7. The maximum Gasteiger partial charge on any atom is 0.416 e. The number of hydrogen-bond acceptors (Lipinski definition) is 2. The zero-order chi connectivity index (χ0) is 16.7. The number of unbranched alkanes of at least 4 members (excludes halogenated alkanes) is 2. The molecule has 0 saturated carbocycles. The minimum atomic E-state index is -4.28. The number of alkyl halides is 3. The van der Waals surface area contributed by atoms with Crippen LogP contribution in [0.15, 0.2) is 36.9 Å². The first-order chi connectivity index (χ1) is 11.0. The quantitative estimate of drug-likeness (QED) is 0.552. The summed E-state index contributed by atoms with van der Waals surface area (Å²) in [6.07, 6.45) is 1.48. The molecule has 136 valence electrons. The Bertz CT molecular complexity index is 499. The Labute approximate surface area is 148 Å². The molecular weight excluding hydrogens is 337 g/mol. The van der Waals surface area contributed by atoms with Crippen LogP contribution in [0.25, 0.3) is 0 Å². The SMILES string of the molecule is C=CCCCC[C@@H](c1cccc(C(F)(F)F)c1)N1CCNCC1.Cl. The summed E-state index contributed by atoms with van der Waals surface area (Å²) < 4.78 is 39.0. The molecule has 24 heavy (non-hydrogen) atoms. The lowest BCUT2D eigenvalue weighted by Crippen LogP contribution is -2.45. The standard InChI is InChI=1S/C18H25F3N2.ClH/c1-2-3-4-5-9-17(23-12-10-22-11-13-23)15-7-6-8-16(14-15)18(19,20)21;/h2,6-8,14,17,22H,1,3-5,9-13H2;1H/t17-;/m0./s1. The van der Waals surface area contributed by atoms with Crippen LogP contribution >= 0.6 is 12.4 Å². The van der Waals surface area contributed by atoms with Gasteiger partial charge < -0.3 is 5.32 Å². The summed E-state index contributed by atoms with van der Waals surface area (Å²) in [5.74, 6) is 0. The monoisotopic (exact) mass is 362 g/mol. The first-order valence-corrected chi connectivity index (χ1v) is 8.25. The van der Waals surface area contributed by atoms with Crippen molar-refractivity contribution >= 4 is 12.4 Å². The Morgan fingerprint density at radius 2 is 1.92 bits per heavy atom. The molecule has 1 aromatic carbocycles. The van der Waals surface area contributed by atoms with E-state index < -0.39 is 11.7 Å². The van der Waals surface area contributed by atoms with Crippen molar-refractivity contribution in [3.63, 3.8) is 0 Å². The van der Waals surface area contributed by atoms with E-state index in [1.807, 2.05) is 12.1 Å². The second-order valence-corrected chi connectivity index (χ2v) is 6.00. The highest BCUT2D eigenvalue weighted by atomic mass is 35.5. The second-order valence-electron chi connectivity index (χ2n) is 6.00. The van der Waals surface area contributed by atoms with E-state index in [4.69, 9.17) is 0 Å². The van der Waals surface area contributed by atoms with Gasteiger partial charge in [0.15, 0.2) is 0 Å². The molecule has 2 rings (SSSR count). The van der Waals surface area contributed by atoms with Gasteiger partial charge in [0.05, 0.1) is 5.56 Å². The van der Waals surface area contributed by atoms with Crippen molar-refractivity contribution < 1.29 is 13.2 Å². The highest BCUT2D eigenvalue weighted by Crippen LogP contribution is 2.33.